The van der Waals surface area contributed by atoms with Crippen molar-refractivity contribution in [2.45, 2.75) is 19.4 Å². The van der Waals surface area contributed by atoms with E-state index in [1.807, 2.05) is 18.2 Å². The first kappa shape index (κ1) is 13.7. The van der Waals surface area contributed by atoms with Crippen molar-refractivity contribution in [1.29, 1.82) is 0 Å². The number of benzene rings is 1. The van der Waals surface area contributed by atoms with Gasteiger partial charge in [-0.15, -0.1) is 0 Å². The van der Waals surface area contributed by atoms with E-state index >= 15 is 0 Å². The van der Waals surface area contributed by atoms with Gasteiger partial charge in [0.25, 0.3) is 0 Å². The second-order valence-corrected chi connectivity index (χ2v) is 5.85. The molecule has 1 aromatic rings. The molecule has 0 amide bonds. The second kappa shape index (κ2) is 5.91. The molecule has 1 aliphatic rings. The van der Waals surface area contributed by atoms with Gasteiger partial charge in [0, 0.05) is 49.0 Å². The minimum Gasteiger partial charge on any atom is -0.383 e. The molecule has 0 saturated carbocycles. The molecule has 1 aromatic carbocycles. The lowest BCUT2D eigenvalue weighted by Gasteiger charge is -2.41. The molecule has 0 atom stereocenters. The van der Waals surface area contributed by atoms with Crippen LogP contribution >= 0.6 is 11.6 Å². The van der Waals surface area contributed by atoms with E-state index < -0.39 is 0 Å². The van der Waals surface area contributed by atoms with Gasteiger partial charge in [-0.05, 0) is 32.0 Å². The van der Waals surface area contributed by atoms with E-state index in [2.05, 4.69) is 35.4 Å². The maximum atomic E-state index is 5.98. The van der Waals surface area contributed by atoms with Crippen LogP contribution in [0.5, 0.6) is 0 Å². The van der Waals surface area contributed by atoms with Crippen LogP contribution in [0.3, 0.4) is 0 Å². The summed E-state index contributed by atoms with van der Waals surface area (Å²) in [4.78, 5) is 2.53. The van der Waals surface area contributed by atoms with Gasteiger partial charge in [-0.1, -0.05) is 17.7 Å². The van der Waals surface area contributed by atoms with Crippen LogP contribution in [0, 0.1) is 0 Å². The third kappa shape index (κ3) is 3.61. The summed E-state index contributed by atoms with van der Waals surface area (Å²) < 4.78 is 0. The van der Waals surface area contributed by atoms with Crippen molar-refractivity contribution in [2.24, 2.45) is 0 Å². The fourth-order valence-electron chi connectivity index (χ4n) is 2.30. The van der Waals surface area contributed by atoms with E-state index in [4.69, 9.17) is 11.6 Å². The van der Waals surface area contributed by atoms with Crippen molar-refractivity contribution in [3.8, 4) is 0 Å². The number of nitrogens with zero attached hydrogens (tertiary/aromatic N) is 1. The van der Waals surface area contributed by atoms with Crippen molar-refractivity contribution in [3.63, 3.8) is 0 Å². The molecule has 0 bridgehead atoms. The molecule has 2 N–H and O–H groups in total. The maximum absolute atomic E-state index is 5.98. The first-order valence-corrected chi connectivity index (χ1v) is 6.91. The average Bonchev–Trinajstić information content (AvgIpc) is 2.38. The smallest absolute Gasteiger partial charge is 0.0426 e. The van der Waals surface area contributed by atoms with Crippen molar-refractivity contribution in [2.75, 3.05) is 38.0 Å². The van der Waals surface area contributed by atoms with Gasteiger partial charge >= 0.3 is 0 Å². The lowest BCUT2D eigenvalue weighted by molar-refractivity contribution is 0.114. The van der Waals surface area contributed by atoms with Crippen LogP contribution in [0.2, 0.25) is 5.02 Å². The Kier molecular flexibility index (Phi) is 4.49. The Balaban J connectivity index is 1.91. The molecule has 1 aliphatic heterocycles. The molecule has 18 heavy (non-hydrogen) atoms. The van der Waals surface area contributed by atoms with E-state index in [9.17, 15) is 0 Å². The molecule has 4 heteroatoms. The van der Waals surface area contributed by atoms with Gasteiger partial charge in [0.15, 0.2) is 0 Å². The molecular formula is C14H22ClN3. The highest BCUT2D eigenvalue weighted by molar-refractivity contribution is 6.30. The normalized spacial score (nSPS) is 17.7. The summed E-state index contributed by atoms with van der Waals surface area (Å²) in [5.74, 6) is 0. The number of nitrogens with one attached hydrogen (secondary N) is 2. The molecule has 1 heterocycles. The van der Waals surface area contributed by atoms with Crippen molar-refractivity contribution >= 4 is 17.3 Å². The first-order valence-electron chi connectivity index (χ1n) is 6.53. The number of rotatable bonds is 4. The molecule has 0 aliphatic carbocycles. The van der Waals surface area contributed by atoms with Crippen LogP contribution < -0.4 is 10.6 Å². The molecule has 3 nitrogen and oxygen atoms in total. The summed E-state index contributed by atoms with van der Waals surface area (Å²) in [6.07, 6.45) is 0. The Morgan fingerprint density at radius 1 is 1.33 bits per heavy atom. The number of piperazine rings is 1. The summed E-state index contributed by atoms with van der Waals surface area (Å²) >= 11 is 5.98. The summed E-state index contributed by atoms with van der Waals surface area (Å²) in [5, 5.41) is 7.64. The van der Waals surface area contributed by atoms with E-state index in [1.54, 1.807) is 0 Å². The zero-order valence-corrected chi connectivity index (χ0v) is 11.9. The molecular weight excluding hydrogens is 246 g/mol. The monoisotopic (exact) mass is 267 g/mol. The minimum atomic E-state index is 0.157. The molecule has 100 valence electrons. The third-order valence-electron chi connectivity index (χ3n) is 3.52. The number of anilines is 1. The SMILES string of the molecule is CC(C)(CNc1cccc(Cl)c1)N1CCNCC1. The molecule has 1 saturated heterocycles. The van der Waals surface area contributed by atoms with Crippen LogP contribution in [-0.4, -0.2) is 43.2 Å². The van der Waals surface area contributed by atoms with Gasteiger partial charge in [0.05, 0.1) is 0 Å². The third-order valence-corrected chi connectivity index (χ3v) is 3.76. The lowest BCUT2D eigenvalue weighted by atomic mass is 10.0. The fraction of sp³-hybridized carbons (Fsp3) is 0.571. The number of hydrogen-bond donors (Lipinski definition) is 2. The standard InChI is InChI=1S/C14H22ClN3/c1-14(2,18-8-6-16-7-9-18)11-17-13-5-3-4-12(15)10-13/h3-5,10,16-17H,6-9,11H2,1-2H3. The van der Waals surface area contributed by atoms with E-state index in [-0.39, 0.29) is 5.54 Å². The summed E-state index contributed by atoms with van der Waals surface area (Å²) in [6, 6.07) is 7.89. The van der Waals surface area contributed by atoms with Crippen LogP contribution in [0.15, 0.2) is 24.3 Å². The lowest BCUT2D eigenvalue weighted by Crippen LogP contribution is -2.56. The molecule has 0 aromatic heterocycles. The zero-order chi connectivity index (χ0) is 13.0. The van der Waals surface area contributed by atoms with Gasteiger partial charge < -0.3 is 10.6 Å². The maximum Gasteiger partial charge on any atom is 0.0426 e. The number of hydrogen-bond acceptors (Lipinski definition) is 3. The van der Waals surface area contributed by atoms with Crippen molar-refractivity contribution in [1.82, 2.24) is 10.2 Å². The summed E-state index contributed by atoms with van der Waals surface area (Å²) in [5.41, 5.74) is 1.25. The quantitative estimate of drug-likeness (QED) is 0.878. The Morgan fingerprint density at radius 2 is 2.06 bits per heavy atom. The minimum absolute atomic E-state index is 0.157. The zero-order valence-electron chi connectivity index (χ0n) is 11.2. The van der Waals surface area contributed by atoms with Crippen LogP contribution in [0.1, 0.15) is 13.8 Å². The molecule has 1 fully saturated rings. The second-order valence-electron chi connectivity index (χ2n) is 5.41. The Bertz CT molecular complexity index is 386. The van der Waals surface area contributed by atoms with Crippen LogP contribution in [0.25, 0.3) is 0 Å². The van der Waals surface area contributed by atoms with E-state index in [0.29, 0.717) is 0 Å². The summed E-state index contributed by atoms with van der Waals surface area (Å²) in [7, 11) is 0. The highest BCUT2D eigenvalue weighted by Crippen LogP contribution is 2.19. The summed E-state index contributed by atoms with van der Waals surface area (Å²) in [6.45, 7) is 9.90. The largest absolute Gasteiger partial charge is 0.383 e. The molecule has 2 rings (SSSR count). The Labute approximate surface area is 115 Å². The van der Waals surface area contributed by atoms with Gasteiger partial charge in [-0.25, -0.2) is 0 Å². The predicted octanol–water partition coefficient (Wildman–Crippen LogP) is 2.44. The van der Waals surface area contributed by atoms with E-state index in [1.165, 1.54) is 0 Å². The van der Waals surface area contributed by atoms with Gasteiger partial charge in [0.2, 0.25) is 0 Å². The van der Waals surface area contributed by atoms with Crippen LogP contribution in [-0.2, 0) is 0 Å². The van der Waals surface area contributed by atoms with Crippen molar-refractivity contribution in [3.05, 3.63) is 29.3 Å². The predicted molar refractivity (Wildman–Crippen MR) is 78.5 cm³/mol. The molecule has 0 radical (unpaired) electrons. The Hall–Kier alpha value is -0.770. The first-order chi connectivity index (χ1) is 8.58. The molecule has 0 unspecified atom stereocenters. The van der Waals surface area contributed by atoms with Crippen LogP contribution in [0.4, 0.5) is 5.69 Å². The Morgan fingerprint density at radius 3 is 2.72 bits per heavy atom. The molecule has 0 spiro atoms. The number of halogens is 1. The topological polar surface area (TPSA) is 27.3 Å². The fourth-order valence-corrected chi connectivity index (χ4v) is 2.49. The highest BCUT2D eigenvalue weighted by Gasteiger charge is 2.27. The van der Waals surface area contributed by atoms with Gasteiger partial charge in [0.1, 0.15) is 0 Å². The van der Waals surface area contributed by atoms with Crippen molar-refractivity contribution < 1.29 is 0 Å². The average molecular weight is 268 g/mol. The van der Waals surface area contributed by atoms with Gasteiger partial charge in [-0.3, -0.25) is 4.90 Å². The van der Waals surface area contributed by atoms with Gasteiger partial charge in [-0.2, -0.15) is 0 Å². The van der Waals surface area contributed by atoms with E-state index in [0.717, 1.165) is 43.4 Å². The highest BCUT2D eigenvalue weighted by atomic mass is 35.5.